The van der Waals surface area contributed by atoms with Crippen LogP contribution in [-0.2, 0) is 15.9 Å². The normalized spacial score (nSPS) is 10.8. The maximum absolute atomic E-state index is 11.7. The van der Waals surface area contributed by atoms with Gasteiger partial charge in [-0.05, 0) is 31.0 Å². The summed E-state index contributed by atoms with van der Waals surface area (Å²) < 4.78 is 15.4. The highest BCUT2D eigenvalue weighted by Crippen LogP contribution is 2.23. The van der Waals surface area contributed by atoms with Crippen LogP contribution in [0.15, 0.2) is 28.9 Å². The molecule has 2 rings (SSSR count). The Balaban J connectivity index is 2.33. The van der Waals surface area contributed by atoms with Gasteiger partial charge in [-0.25, -0.2) is 4.79 Å². The van der Waals surface area contributed by atoms with Crippen LogP contribution in [0.4, 0.5) is 0 Å². The molecule has 0 spiro atoms. The second-order valence-electron chi connectivity index (χ2n) is 3.94. The fraction of sp³-hybridized carbons (Fsp3) is 0.357. The lowest BCUT2D eigenvalue weighted by Gasteiger charge is -2.02. The molecule has 0 aliphatic rings. The topological polar surface area (TPSA) is 48.7 Å². The summed E-state index contributed by atoms with van der Waals surface area (Å²) in [6.07, 6.45) is 2.25. The molecule has 0 bridgehead atoms. The number of furan rings is 1. The van der Waals surface area contributed by atoms with E-state index < -0.39 is 0 Å². The lowest BCUT2D eigenvalue weighted by Crippen LogP contribution is -2.03. The van der Waals surface area contributed by atoms with Gasteiger partial charge in [0, 0.05) is 12.5 Å². The van der Waals surface area contributed by atoms with Gasteiger partial charge in [-0.15, -0.1) is 0 Å². The number of carbonyl (C=O) groups is 1. The third-order valence-corrected chi connectivity index (χ3v) is 2.73. The van der Waals surface area contributed by atoms with Crippen molar-refractivity contribution in [1.82, 2.24) is 0 Å². The highest BCUT2D eigenvalue weighted by Gasteiger charge is 2.14. The Morgan fingerprint density at radius 1 is 1.39 bits per heavy atom. The molecule has 0 saturated carbocycles. The zero-order chi connectivity index (χ0) is 13.0. The Morgan fingerprint density at radius 2 is 2.22 bits per heavy atom. The van der Waals surface area contributed by atoms with E-state index in [0.717, 1.165) is 17.4 Å². The van der Waals surface area contributed by atoms with Gasteiger partial charge < -0.3 is 13.9 Å². The predicted molar refractivity (Wildman–Crippen MR) is 67.8 cm³/mol. The Kier molecular flexibility index (Phi) is 3.99. The Bertz CT molecular complexity index is 542. The fourth-order valence-electron chi connectivity index (χ4n) is 1.82. The second-order valence-corrected chi connectivity index (χ2v) is 3.94. The number of fused-ring (bicyclic) bond motifs is 1. The molecule has 1 aromatic heterocycles. The number of hydrogen-bond donors (Lipinski definition) is 0. The highest BCUT2D eigenvalue weighted by molar-refractivity contribution is 6.03. The first-order valence-corrected chi connectivity index (χ1v) is 5.92. The standard InChI is InChI=1S/C14H16O4/c1-3-17-14(15)12-9-18-13-5-4-10(6-7-16-2)8-11(12)13/h4-5,8-9H,3,6-7H2,1-2H3. The molecule has 0 amide bonds. The Labute approximate surface area is 105 Å². The van der Waals surface area contributed by atoms with E-state index in [9.17, 15) is 4.79 Å². The number of esters is 1. The molecule has 0 saturated heterocycles. The van der Waals surface area contributed by atoms with Crippen LogP contribution in [0.2, 0.25) is 0 Å². The van der Waals surface area contributed by atoms with Crippen molar-refractivity contribution in [3.63, 3.8) is 0 Å². The van der Waals surface area contributed by atoms with Crippen LogP contribution >= 0.6 is 0 Å². The summed E-state index contributed by atoms with van der Waals surface area (Å²) in [5, 5.41) is 0.794. The molecule has 0 aliphatic heterocycles. The van der Waals surface area contributed by atoms with Crippen molar-refractivity contribution in [3.05, 3.63) is 35.6 Å². The summed E-state index contributed by atoms with van der Waals surface area (Å²) in [4.78, 5) is 11.7. The SMILES string of the molecule is CCOC(=O)c1coc2ccc(CCOC)cc12. The van der Waals surface area contributed by atoms with Crippen LogP contribution in [0.25, 0.3) is 11.0 Å². The molecule has 0 atom stereocenters. The predicted octanol–water partition coefficient (Wildman–Crippen LogP) is 2.80. The molecule has 0 N–H and O–H groups in total. The molecule has 0 unspecified atom stereocenters. The zero-order valence-electron chi connectivity index (χ0n) is 10.6. The number of carbonyl (C=O) groups excluding carboxylic acids is 1. The van der Waals surface area contributed by atoms with Gasteiger partial charge in [0.2, 0.25) is 0 Å². The number of ether oxygens (including phenoxy) is 2. The van der Waals surface area contributed by atoms with Crippen molar-refractivity contribution in [1.29, 1.82) is 0 Å². The first-order chi connectivity index (χ1) is 8.76. The van der Waals surface area contributed by atoms with Gasteiger partial charge in [-0.3, -0.25) is 0 Å². The number of rotatable bonds is 5. The highest BCUT2D eigenvalue weighted by atomic mass is 16.5. The molecule has 4 heteroatoms. The zero-order valence-corrected chi connectivity index (χ0v) is 10.6. The van der Waals surface area contributed by atoms with Gasteiger partial charge in [-0.2, -0.15) is 0 Å². The molecule has 0 aliphatic carbocycles. The van der Waals surface area contributed by atoms with Crippen molar-refractivity contribution < 1.29 is 18.7 Å². The smallest absolute Gasteiger partial charge is 0.342 e. The van der Waals surface area contributed by atoms with Crippen molar-refractivity contribution in [2.45, 2.75) is 13.3 Å². The molecule has 0 radical (unpaired) electrons. The van der Waals surface area contributed by atoms with E-state index in [1.807, 2.05) is 18.2 Å². The largest absolute Gasteiger partial charge is 0.463 e. The monoisotopic (exact) mass is 248 g/mol. The quantitative estimate of drug-likeness (QED) is 0.763. The summed E-state index contributed by atoms with van der Waals surface area (Å²) in [6, 6.07) is 5.78. The third-order valence-electron chi connectivity index (χ3n) is 2.73. The van der Waals surface area contributed by atoms with E-state index in [1.54, 1.807) is 14.0 Å². The van der Waals surface area contributed by atoms with Gasteiger partial charge in [0.25, 0.3) is 0 Å². The van der Waals surface area contributed by atoms with Crippen molar-refractivity contribution in [2.24, 2.45) is 0 Å². The van der Waals surface area contributed by atoms with Gasteiger partial charge in [-0.1, -0.05) is 6.07 Å². The number of methoxy groups -OCH3 is 1. The van der Waals surface area contributed by atoms with Crippen LogP contribution in [0.5, 0.6) is 0 Å². The van der Waals surface area contributed by atoms with Crippen LogP contribution < -0.4 is 0 Å². The Morgan fingerprint density at radius 3 is 2.94 bits per heavy atom. The van der Waals surface area contributed by atoms with Crippen molar-refractivity contribution in [3.8, 4) is 0 Å². The van der Waals surface area contributed by atoms with Crippen molar-refractivity contribution in [2.75, 3.05) is 20.3 Å². The minimum absolute atomic E-state index is 0.347. The first-order valence-electron chi connectivity index (χ1n) is 5.92. The van der Waals surface area contributed by atoms with Gasteiger partial charge in [0.15, 0.2) is 0 Å². The molecule has 2 aromatic rings. The van der Waals surface area contributed by atoms with Crippen LogP contribution in [0.3, 0.4) is 0 Å². The molecule has 18 heavy (non-hydrogen) atoms. The van der Waals surface area contributed by atoms with E-state index in [2.05, 4.69) is 0 Å². The van der Waals surface area contributed by atoms with E-state index in [4.69, 9.17) is 13.9 Å². The minimum atomic E-state index is -0.347. The molecule has 1 aromatic carbocycles. The average molecular weight is 248 g/mol. The van der Waals surface area contributed by atoms with E-state index in [-0.39, 0.29) is 5.97 Å². The molecule has 96 valence electrons. The van der Waals surface area contributed by atoms with E-state index in [1.165, 1.54) is 6.26 Å². The van der Waals surface area contributed by atoms with Gasteiger partial charge in [0.1, 0.15) is 17.4 Å². The van der Waals surface area contributed by atoms with Gasteiger partial charge >= 0.3 is 5.97 Å². The van der Waals surface area contributed by atoms with Crippen LogP contribution in [0.1, 0.15) is 22.8 Å². The van der Waals surface area contributed by atoms with Crippen LogP contribution in [0, 0.1) is 0 Å². The molecular weight excluding hydrogens is 232 g/mol. The summed E-state index contributed by atoms with van der Waals surface area (Å²) >= 11 is 0. The Hall–Kier alpha value is -1.81. The summed E-state index contributed by atoms with van der Waals surface area (Å²) in [6.45, 7) is 2.79. The van der Waals surface area contributed by atoms with Gasteiger partial charge in [0.05, 0.1) is 13.2 Å². The molecule has 4 nitrogen and oxygen atoms in total. The average Bonchev–Trinajstić information content (AvgIpc) is 2.79. The summed E-state index contributed by atoms with van der Waals surface area (Å²) in [7, 11) is 1.67. The maximum Gasteiger partial charge on any atom is 0.342 e. The minimum Gasteiger partial charge on any atom is -0.463 e. The lowest BCUT2D eigenvalue weighted by atomic mass is 10.1. The number of hydrogen-bond acceptors (Lipinski definition) is 4. The molecular formula is C14H16O4. The molecule has 0 fully saturated rings. The fourth-order valence-corrected chi connectivity index (χ4v) is 1.82. The van der Waals surface area contributed by atoms with Crippen LogP contribution in [-0.4, -0.2) is 26.3 Å². The first kappa shape index (κ1) is 12.6. The lowest BCUT2D eigenvalue weighted by molar-refractivity contribution is 0.0527. The summed E-state index contributed by atoms with van der Waals surface area (Å²) in [5.41, 5.74) is 2.28. The third kappa shape index (κ3) is 2.54. The second kappa shape index (κ2) is 5.69. The summed E-state index contributed by atoms with van der Waals surface area (Å²) in [5.74, 6) is -0.347. The van der Waals surface area contributed by atoms with E-state index in [0.29, 0.717) is 24.4 Å². The maximum atomic E-state index is 11.7. The number of benzene rings is 1. The van der Waals surface area contributed by atoms with E-state index >= 15 is 0 Å². The molecule has 1 heterocycles. The van der Waals surface area contributed by atoms with Crippen molar-refractivity contribution >= 4 is 16.9 Å².